The van der Waals surface area contributed by atoms with Gasteiger partial charge in [0.15, 0.2) is 0 Å². The molecular weight excluding hydrogens is 100 g/mol. The molecule has 0 N–H and O–H groups in total. The molecule has 0 atom stereocenters. The van der Waals surface area contributed by atoms with Gasteiger partial charge in [-0.2, -0.15) is 0 Å². The average Bonchev–Trinajstić information content (AvgIpc) is 2.19. The fourth-order valence-electron chi connectivity index (χ4n) is 0.571. The van der Waals surface area contributed by atoms with Gasteiger partial charge in [0.25, 0.3) is 0 Å². The van der Waals surface area contributed by atoms with Crippen molar-refractivity contribution >= 4 is 0 Å². The topological polar surface area (TPSA) is 13.1 Å². The first-order valence-electron chi connectivity index (χ1n) is 2.57. The molecule has 0 saturated carbocycles. The van der Waals surface area contributed by atoms with Gasteiger partial charge >= 0.3 is 0 Å². The van der Waals surface area contributed by atoms with Crippen LogP contribution in [-0.4, -0.2) is 0 Å². The molecule has 0 amide bonds. The van der Waals surface area contributed by atoms with E-state index >= 15 is 0 Å². The summed E-state index contributed by atoms with van der Waals surface area (Å²) < 4.78 is 5.00. The molecule has 0 aliphatic heterocycles. The van der Waals surface area contributed by atoms with Gasteiger partial charge in [0.1, 0.15) is 5.76 Å². The fourth-order valence-corrected chi connectivity index (χ4v) is 0.571. The predicted octanol–water partition coefficient (Wildman–Crippen LogP) is 2.01. The highest BCUT2D eigenvalue weighted by Gasteiger charge is 1.86. The van der Waals surface area contributed by atoms with Gasteiger partial charge in [-0.15, -0.1) is 6.58 Å². The Hall–Kier alpha value is -0.980. The summed E-state index contributed by atoms with van der Waals surface area (Å²) in [5, 5.41) is 0. The molecule has 0 spiro atoms. The first-order valence-corrected chi connectivity index (χ1v) is 2.57. The second-order valence-electron chi connectivity index (χ2n) is 1.57. The van der Waals surface area contributed by atoms with Crippen LogP contribution in [0.5, 0.6) is 0 Å². The molecule has 0 unspecified atom stereocenters. The molecule has 0 aliphatic carbocycles. The van der Waals surface area contributed by atoms with E-state index in [-0.39, 0.29) is 0 Å². The average molecular weight is 108 g/mol. The molecule has 42 valence electrons. The lowest BCUT2D eigenvalue weighted by Crippen LogP contribution is -1.69. The molecule has 0 radical (unpaired) electrons. The van der Waals surface area contributed by atoms with Crippen LogP contribution in [0, 0.1) is 0 Å². The van der Waals surface area contributed by atoms with Crippen molar-refractivity contribution in [2.75, 3.05) is 0 Å². The number of rotatable bonds is 2. The SMILES string of the molecule is C=CCc1ccco1. The Kier molecular flexibility index (Phi) is 1.52. The van der Waals surface area contributed by atoms with Gasteiger partial charge in [0, 0.05) is 6.42 Å². The zero-order valence-electron chi connectivity index (χ0n) is 4.63. The molecule has 0 aromatic carbocycles. The van der Waals surface area contributed by atoms with Gasteiger partial charge in [0.05, 0.1) is 6.26 Å². The molecule has 0 aliphatic rings. The van der Waals surface area contributed by atoms with Crippen LogP contribution >= 0.6 is 0 Å². The highest BCUT2D eigenvalue weighted by molar-refractivity contribution is 5.01. The first-order chi connectivity index (χ1) is 3.93. The van der Waals surface area contributed by atoms with Crippen LogP contribution < -0.4 is 0 Å². The first kappa shape index (κ1) is 5.16. The Labute approximate surface area is 48.6 Å². The maximum Gasteiger partial charge on any atom is 0.107 e. The molecule has 1 heteroatoms. The maximum atomic E-state index is 5.00. The quantitative estimate of drug-likeness (QED) is 0.528. The van der Waals surface area contributed by atoms with Crippen LogP contribution in [-0.2, 0) is 6.42 Å². The smallest absolute Gasteiger partial charge is 0.107 e. The molecule has 8 heavy (non-hydrogen) atoms. The molecule has 1 aromatic rings. The van der Waals surface area contributed by atoms with Crippen LogP contribution in [0.4, 0.5) is 0 Å². The van der Waals surface area contributed by atoms with E-state index in [0.717, 1.165) is 12.2 Å². The lowest BCUT2D eigenvalue weighted by molar-refractivity contribution is 0.523. The molecule has 1 aromatic heterocycles. The van der Waals surface area contributed by atoms with E-state index in [1.54, 1.807) is 6.26 Å². The van der Waals surface area contributed by atoms with Crippen molar-refractivity contribution in [3.63, 3.8) is 0 Å². The van der Waals surface area contributed by atoms with Crippen molar-refractivity contribution in [3.05, 3.63) is 36.8 Å². The van der Waals surface area contributed by atoms with Crippen molar-refractivity contribution < 1.29 is 4.42 Å². The van der Waals surface area contributed by atoms with Crippen LogP contribution in [0.2, 0.25) is 0 Å². The number of allylic oxidation sites excluding steroid dienone is 1. The van der Waals surface area contributed by atoms with E-state index in [1.165, 1.54) is 0 Å². The largest absolute Gasteiger partial charge is 0.469 e. The van der Waals surface area contributed by atoms with Gasteiger partial charge in [-0.1, -0.05) is 6.08 Å². The van der Waals surface area contributed by atoms with Crippen molar-refractivity contribution in [2.45, 2.75) is 6.42 Å². The van der Waals surface area contributed by atoms with E-state index in [0.29, 0.717) is 0 Å². The number of hydrogen-bond donors (Lipinski definition) is 0. The monoisotopic (exact) mass is 108 g/mol. The lowest BCUT2D eigenvalue weighted by Gasteiger charge is -1.81. The van der Waals surface area contributed by atoms with Crippen molar-refractivity contribution in [2.24, 2.45) is 0 Å². The summed E-state index contributed by atoms with van der Waals surface area (Å²) in [6.07, 6.45) is 4.31. The van der Waals surface area contributed by atoms with E-state index in [1.807, 2.05) is 18.2 Å². The minimum absolute atomic E-state index is 0.826. The minimum Gasteiger partial charge on any atom is -0.469 e. The molecule has 0 saturated heterocycles. The summed E-state index contributed by atoms with van der Waals surface area (Å²) in [5.41, 5.74) is 0. The predicted molar refractivity (Wildman–Crippen MR) is 32.6 cm³/mol. The summed E-state index contributed by atoms with van der Waals surface area (Å²) in [5.74, 6) is 0.972. The Morgan fingerprint density at radius 1 is 1.75 bits per heavy atom. The van der Waals surface area contributed by atoms with Gasteiger partial charge < -0.3 is 4.42 Å². The summed E-state index contributed by atoms with van der Waals surface area (Å²) in [7, 11) is 0. The third-order valence-corrected chi connectivity index (χ3v) is 0.926. The minimum atomic E-state index is 0.826. The number of furan rings is 1. The number of hydrogen-bond acceptors (Lipinski definition) is 1. The van der Waals surface area contributed by atoms with Gasteiger partial charge in [-0.05, 0) is 12.1 Å². The highest BCUT2D eigenvalue weighted by atomic mass is 16.3. The Morgan fingerprint density at radius 3 is 3.12 bits per heavy atom. The van der Waals surface area contributed by atoms with Crippen LogP contribution in [0.1, 0.15) is 5.76 Å². The standard InChI is InChI=1S/C7H8O/c1-2-4-7-5-3-6-8-7/h2-3,5-6H,1,4H2. The lowest BCUT2D eigenvalue weighted by atomic mass is 10.3. The van der Waals surface area contributed by atoms with E-state index in [9.17, 15) is 0 Å². The molecule has 1 nitrogen and oxygen atoms in total. The Balaban J connectivity index is 2.62. The van der Waals surface area contributed by atoms with Gasteiger partial charge in [-0.25, -0.2) is 0 Å². The molecular formula is C7H8O. The van der Waals surface area contributed by atoms with Crippen molar-refractivity contribution in [1.82, 2.24) is 0 Å². The summed E-state index contributed by atoms with van der Waals surface area (Å²) in [6.45, 7) is 3.58. The molecule has 0 fully saturated rings. The van der Waals surface area contributed by atoms with Crippen molar-refractivity contribution in [3.8, 4) is 0 Å². The summed E-state index contributed by atoms with van der Waals surface area (Å²) >= 11 is 0. The van der Waals surface area contributed by atoms with E-state index in [4.69, 9.17) is 4.42 Å². The Morgan fingerprint density at radius 2 is 2.62 bits per heavy atom. The summed E-state index contributed by atoms with van der Waals surface area (Å²) in [4.78, 5) is 0. The van der Waals surface area contributed by atoms with Crippen molar-refractivity contribution in [1.29, 1.82) is 0 Å². The summed E-state index contributed by atoms with van der Waals surface area (Å²) in [6, 6.07) is 3.81. The third-order valence-electron chi connectivity index (χ3n) is 0.926. The highest BCUT2D eigenvalue weighted by Crippen LogP contribution is 1.99. The van der Waals surface area contributed by atoms with Gasteiger partial charge in [0.2, 0.25) is 0 Å². The Bertz CT molecular complexity index is 151. The molecule has 0 bridgehead atoms. The fraction of sp³-hybridized carbons (Fsp3) is 0.143. The normalized spacial score (nSPS) is 9.00. The zero-order valence-corrected chi connectivity index (χ0v) is 4.63. The molecule has 1 heterocycles. The third kappa shape index (κ3) is 0.997. The second kappa shape index (κ2) is 2.36. The van der Waals surface area contributed by atoms with Crippen LogP contribution in [0.25, 0.3) is 0 Å². The van der Waals surface area contributed by atoms with E-state index in [2.05, 4.69) is 6.58 Å². The molecule has 1 rings (SSSR count). The maximum absolute atomic E-state index is 5.00. The zero-order chi connectivity index (χ0) is 5.82. The van der Waals surface area contributed by atoms with E-state index < -0.39 is 0 Å². The second-order valence-corrected chi connectivity index (χ2v) is 1.57. The van der Waals surface area contributed by atoms with Crippen LogP contribution in [0.15, 0.2) is 35.5 Å². The van der Waals surface area contributed by atoms with Crippen LogP contribution in [0.3, 0.4) is 0 Å². The van der Waals surface area contributed by atoms with Gasteiger partial charge in [-0.3, -0.25) is 0 Å².